The molecule has 0 spiro atoms. The average Bonchev–Trinajstić information content (AvgIpc) is 3.38. The average molecular weight is 595 g/mol. The van der Waals surface area contributed by atoms with Crippen molar-refractivity contribution in [2.24, 2.45) is 0 Å². The van der Waals surface area contributed by atoms with Gasteiger partial charge in [-0.1, -0.05) is 78.9 Å². The molecule has 1 atom stereocenters. The second kappa shape index (κ2) is 14.2. The van der Waals surface area contributed by atoms with Gasteiger partial charge in [-0.3, -0.25) is 4.79 Å². The van der Waals surface area contributed by atoms with Crippen molar-refractivity contribution in [3.63, 3.8) is 0 Å². The van der Waals surface area contributed by atoms with Gasteiger partial charge in [0.2, 0.25) is 0 Å². The highest BCUT2D eigenvalue weighted by molar-refractivity contribution is 5.82. The summed E-state index contributed by atoms with van der Waals surface area (Å²) in [5, 5.41) is 5.21. The van der Waals surface area contributed by atoms with Crippen LogP contribution >= 0.6 is 0 Å². The Morgan fingerprint density at radius 3 is 2.14 bits per heavy atom. The minimum absolute atomic E-state index is 0.102. The van der Waals surface area contributed by atoms with E-state index in [2.05, 4.69) is 22.8 Å². The Morgan fingerprint density at radius 1 is 0.818 bits per heavy atom. The topological polar surface area (TPSA) is 112 Å². The summed E-state index contributed by atoms with van der Waals surface area (Å²) in [6, 6.07) is 29.5. The number of amides is 2. The van der Waals surface area contributed by atoms with Crippen LogP contribution in [0.5, 0.6) is 11.5 Å². The monoisotopic (exact) mass is 594 g/mol. The van der Waals surface area contributed by atoms with E-state index in [-0.39, 0.29) is 38.1 Å². The van der Waals surface area contributed by atoms with Gasteiger partial charge in [0.15, 0.2) is 6.61 Å². The maximum atomic E-state index is 13.3. The van der Waals surface area contributed by atoms with Gasteiger partial charge in [-0.15, -0.1) is 0 Å². The van der Waals surface area contributed by atoms with Crippen molar-refractivity contribution in [1.29, 1.82) is 0 Å². The zero-order chi connectivity index (χ0) is 30.9. The number of rotatable bonds is 12. The predicted molar refractivity (Wildman–Crippen MR) is 164 cm³/mol. The van der Waals surface area contributed by atoms with Crippen LogP contribution in [-0.4, -0.2) is 51.4 Å². The molecule has 0 aliphatic heterocycles. The Hall–Kier alpha value is -5.31. The molecule has 2 amide bonds. The van der Waals surface area contributed by atoms with Gasteiger partial charge in [0, 0.05) is 31.0 Å². The van der Waals surface area contributed by atoms with E-state index in [0.717, 1.165) is 27.8 Å². The molecular weight excluding hydrogens is 560 g/mol. The van der Waals surface area contributed by atoms with E-state index in [9.17, 15) is 14.4 Å². The van der Waals surface area contributed by atoms with E-state index in [1.54, 1.807) is 18.2 Å². The summed E-state index contributed by atoms with van der Waals surface area (Å²) in [4.78, 5) is 37.9. The number of benzene rings is 4. The van der Waals surface area contributed by atoms with Crippen molar-refractivity contribution in [3.8, 4) is 22.6 Å². The van der Waals surface area contributed by atoms with Crippen LogP contribution in [-0.2, 0) is 32.1 Å². The Morgan fingerprint density at radius 2 is 1.48 bits per heavy atom. The van der Waals surface area contributed by atoms with Gasteiger partial charge in [0.25, 0.3) is 5.91 Å². The summed E-state index contributed by atoms with van der Waals surface area (Å²) in [6.45, 7) is -0.120. The van der Waals surface area contributed by atoms with Gasteiger partial charge in [-0.2, -0.15) is 0 Å². The van der Waals surface area contributed by atoms with Crippen molar-refractivity contribution in [2.75, 3.05) is 27.4 Å². The maximum absolute atomic E-state index is 13.3. The molecule has 1 aliphatic carbocycles. The number of hydrogen-bond donors (Lipinski definition) is 2. The lowest BCUT2D eigenvalue weighted by atomic mass is 9.98. The van der Waals surface area contributed by atoms with Gasteiger partial charge in [-0.05, 0) is 39.9 Å². The number of esters is 1. The Labute approximate surface area is 256 Å². The first kappa shape index (κ1) is 30.2. The van der Waals surface area contributed by atoms with Gasteiger partial charge in [-0.25, -0.2) is 9.59 Å². The third kappa shape index (κ3) is 7.18. The Bertz CT molecular complexity index is 1580. The molecule has 0 aromatic heterocycles. The lowest BCUT2D eigenvalue weighted by molar-refractivity contribution is -0.147. The number of carbonyl (C=O) groups is 3. The standard InChI is InChI=1S/C35H34N2O7/c1-36-33(38)22-42-25-17-16-24(32(19-25)41-2)20-43-34(39)31(18-23-10-4-3-5-11-23)37-35(40)44-21-30-28-14-8-6-12-26(28)27-13-7-9-15-29(27)30/h3-17,19,30-31H,18,20-22H2,1-2H3,(H,36,38)(H,37,40)/t31-/m1/s1. The third-order valence-corrected chi connectivity index (χ3v) is 7.48. The number of methoxy groups -OCH3 is 1. The molecule has 0 heterocycles. The summed E-state index contributed by atoms with van der Waals surface area (Å²) >= 11 is 0. The third-order valence-electron chi connectivity index (χ3n) is 7.48. The molecule has 0 unspecified atom stereocenters. The van der Waals surface area contributed by atoms with E-state index in [1.807, 2.05) is 66.7 Å². The van der Waals surface area contributed by atoms with Gasteiger partial charge >= 0.3 is 12.1 Å². The largest absolute Gasteiger partial charge is 0.496 e. The van der Waals surface area contributed by atoms with Crippen LogP contribution in [0.15, 0.2) is 97.1 Å². The number of likely N-dealkylation sites (N-methyl/N-ethyl adjacent to an activating group) is 1. The molecule has 1 aliphatic rings. The zero-order valence-electron chi connectivity index (χ0n) is 24.6. The normalized spacial score (nSPS) is 12.3. The van der Waals surface area contributed by atoms with E-state index in [0.29, 0.717) is 17.1 Å². The molecule has 44 heavy (non-hydrogen) atoms. The van der Waals surface area contributed by atoms with Crippen LogP contribution in [0, 0.1) is 0 Å². The first-order valence-electron chi connectivity index (χ1n) is 14.3. The van der Waals surface area contributed by atoms with Crippen molar-refractivity contribution in [2.45, 2.75) is 25.0 Å². The predicted octanol–water partition coefficient (Wildman–Crippen LogP) is 5.01. The van der Waals surface area contributed by atoms with Gasteiger partial charge in [0.1, 0.15) is 30.8 Å². The van der Waals surface area contributed by atoms with Crippen LogP contribution in [0.2, 0.25) is 0 Å². The highest BCUT2D eigenvalue weighted by atomic mass is 16.6. The maximum Gasteiger partial charge on any atom is 0.407 e. The van der Waals surface area contributed by atoms with Crippen LogP contribution in [0.25, 0.3) is 11.1 Å². The number of fused-ring (bicyclic) bond motifs is 3. The molecule has 4 aromatic rings. The molecule has 9 heteroatoms. The fourth-order valence-electron chi connectivity index (χ4n) is 5.23. The number of nitrogens with one attached hydrogen (secondary N) is 2. The second-order valence-electron chi connectivity index (χ2n) is 10.3. The summed E-state index contributed by atoms with van der Waals surface area (Å²) in [6.07, 6.45) is -0.493. The van der Waals surface area contributed by atoms with Crippen LogP contribution in [0.3, 0.4) is 0 Å². The van der Waals surface area contributed by atoms with Crippen molar-refractivity contribution >= 4 is 18.0 Å². The first-order valence-corrected chi connectivity index (χ1v) is 14.3. The van der Waals surface area contributed by atoms with Crippen molar-refractivity contribution in [3.05, 3.63) is 119 Å². The summed E-state index contributed by atoms with van der Waals surface area (Å²) < 4.78 is 22.2. The molecule has 226 valence electrons. The van der Waals surface area contributed by atoms with Crippen molar-refractivity contribution in [1.82, 2.24) is 10.6 Å². The summed E-state index contributed by atoms with van der Waals surface area (Å²) in [7, 11) is 3.01. The Balaban J connectivity index is 1.24. The molecule has 2 N–H and O–H groups in total. The number of ether oxygens (including phenoxy) is 4. The molecular formula is C35H34N2O7. The molecule has 0 radical (unpaired) electrons. The highest BCUT2D eigenvalue weighted by Crippen LogP contribution is 2.44. The molecule has 0 saturated carbocycles. The molecule has 9 nitrogen and oxygen atoms in total. The molecule has 4 aromatic carbocycles. The van der Waals surface area contributed by atoms with E-state index >= 15 is 0 Å². The van der Waals surface area contributed by atoms with Gasteiger partial charge in [0.05, 0.1) is 7.11 Å². The van der Waals surface area contributed by atoms with Crippen LogP contribution in [0.4, 0.5) is 4.79 Å². The molecule has 0 bridgehead atoms. The number of carbonyl (C=O) groups excluding carboxylic acids is 3. The summed E-state index contributed by atoms with van der Waals surface area (Å²) in [5.74, 6) is -0.140. The molecule has 0 saturated heterocycles. The van der Waals surface area contributed by atoms with Crippen LogP contribution in [0.1, 0.15) is 28.2 Å². The lowest BCUT2D eigenvalue weighted by Gasteiger charge is -2.20. The Kier molecular flexibility index (Phi) is 9.76. The van der Waals surface area contributed by atoms with Crippen molar-refractivity contribution < 1.29 is 33.3 Å². The minimum Gasteiger partial charge on any atom is -0.496 e. The molecule has 0 fully saturated rings. The van der Waals surface area contributed by atoms with E-state index < -0.39 is 18.1 Å². The summed E-state index contributed by atoms with van der Waals surface area (Å²) in [5.41, 5.74) is 5.89. The SMILES string of the molecule is CNC(=O)COc1ccc(COC(=O)[C@@H](Cc2ccccc2)NC(=O)OCC2c3ccccc3-c3ccccc32)c(OC)c1. The van der Waals surface area contributed by atoms with E-state index in [1.165, 1.54) is 14.2 Å². The second-order valence-corrected chi connectivity index (χ2v) is 10.3. The minimum atomic E-state index is -0.991. The zero-order valence-corrected chi connectivity index (χ0v) is 24.6. The van der Waals surface area contributed by atoms with E-state index in [4.69, 9.17) is 18.9 Å². The quantitative estimate of drug-likeness (QED) is 0.222. The first-order chi connectivity index (χ1) is 21.5. The lowest BCUT2D eigenvalue weighted by Crippen LogP contribution is -2.43. The fraction of sp³-hybridized carbons (Fsp3) is 0.229. The van der Waals surface area contributed by atoms with Crippen LogP contribution < -0.4 is 20.1 Å². The highest BCUT2D eigenvalue weighted by Gasteiger charge is 2.30. The smallest absolute Gasteiger partial charge is 0.407 e. The fourth-order valence-corrected chi connectivity index (χ4v) is 5.23. The molecule has 5 rings (SSSR count). The number of hydrogen-bond acceptors (Lipinski definition) is 7. The van der Waals surface area contributed by atoms with Gasteiger partial charge < -0.3 is 29.6 Å². The number of alkyl carbamates (subject to hydrolysis) is 1.